The Hall–Kier alpha value is -2.45. The molecule has 0 radical (unpaired) electrons. The number of benzene rings is 2. The van der Waals surface area contributed by atoms with E-state index in [-0.39, 0.29) is 10.9 Å². The van der Waals surface area contributed by atoms with Crippen molar-refractivity contribution in [3.8, 4) is 0 Å². The number of sulfonamides is 1. The minimum Gasteiger partial charge on any atom is -0.327 e. The molecule has 1 atom stereocenters. The van der Waals surface area contributed by atoms with Crippen LogP contribution in [0.5, 0.6) is 0 Å². The van der Waals surface area contributed by atoms with E-state index in [2.05, 4.69) is 4.72 Å². The van der Waals surface area contributed by atoms with Crippen molar-refractivity contribution in [3.63, 3.8) is 0 Å². The van der Waals surface area contributed by atoms with Gasteiger partial charge in [0.2, 0.25) is 0 Å². The molecule has 126 valence electrons. The molecule has 7 nitrogen and oxygen atoms in total. The molecule has 0 bridgehead atoms. The summed E-state index contributed by atoms with van der Waals surface area (Å²) < 4.78 is 27.5. The van der Waals surface area contributed by atoms with Crippen molar-refractivity contribution in [2.24, 2.45) is 5.73 Å². The zero-order valence-electron chi connectivity index (χ0n) is 12.8. The van der Waals surface area contributed by atoms with Crippen LogP contribution in [0.1, 0.15) is 17.5 Å². The molecule has 8 heteroatoms. The highest BCUT2D eigenvalue weighted by Gasteiger charge is 2.25. The number of nitrogens with zero attached hydrogens (tertiary/aromatic N) is 1. The van der Waals surface area contributed by atoms with Crippen LogP contribution < -0.4 is 10.5 Å². The van der Waals surface area contributed by atoms with Gasteiger partial charge in [0.15, 0.2) is 4.90 Å². The summed E-state index contributed by atoms with van der Waals surface area (Å²) in [5, 5.41) is 11.0. The molecule has 0 spiro atoms. The van der Waals surface area contributed by atoms with Gasteiger partial charge in [0.25, 0.3) is 15.7 Å². The molecule has 24 heavy (non-hydrogen) atoms. The third kappa shape index (κ3) is 3.24. The van der Waals surface area contributed by atoms with Crippen LogP contribution in [0.3, 0.4) is 0 Å². The predicted octanol–water partition coefficient (Wildman–Crippen LogP) is 2.21. The Kier molecular flexibility index (Phi) is 4.25. The lowest BCUT2D eigenvalue weighted by Crippen LogP contribution is -2.27. The van der Waals surface area contributed by atoms with Crippen LogP contribution in [-0.2, 0) is 22.9 Å². The number of nitrogens with one attached hydrogen (secondary N) is 1. The summed E-state index contributed by atoms with van der Waals surface area (Å²) in [5.41, 5.74) is 8.04. The van der Waals surface area contributed by atoms with Gasteiger partial charge < -0.3 is 5.73 Å². The summed E-state index contributed by atoms with van der Waals surface area (Å²) in [4.78, 5) is 9.99. The third-order valence-corrected chi connectivity index (χ3v) is 5.51. The van der Waals surface area contributed by atoms with E-state index in [1.54, 1.807) is 12.1 Å². The summed E-state index contributed by atoms with van der Waals surface area (Å²) in [6.45, 7) is 0. The first kappa shape index (κ1) is 16.4. The van der Waals surface area contributed by atoms with Gasteiger partial charge in [0.05, 0.1) is 4.92 Å². The van der Waals surface area contributed by atoms with E-state index >= 15 is 0 Å². The van der Waals surface area contributed by atoms with Gasteiger partial charge in [0.1, 0.15) is 0 Å². The van der Waals surface area contributed by atoms with Gasteiger partial charge in [-0.3, -0.25) is 14.8 Å². The molecule has 0 fully saturated rings. The molecule has 0 amide bonds. The first-order valence-corrected chi connectivity index (χ1v) is 8.99. The van der Waals surface area contributed by atoms with Crippen LogP contribution in [0.25, 0.3) is 0 Å². The van der Waals surface area contributed by atoms with Crippen molar-refractivity contribution in [2.45, 2.75) is 30.2 Å². The summed E-state index contributed by atoms with van der Waals surface area (Å²) in [6.07, 6.45) is 2.41. The lowest BCUT2D eigenvalue weighted by Gasteiger charge is -2.22. The van der Waals surface area contributed by atoms with Crippen LogP contribution >= 0.6 is 0 Å². The molecule has 0 aliphatic heterocycles. The quantitative estimate of drug-likeness (QED) is 0.650. The highest BCUT2D eigenvalue weighted by Crippen LogP contribution is 2.28. The SMILES string of the molecule is NC1CCc2cc(NS(=O)(=O)c3ccccc3[N+](=O)[O-])ccc2C1. The van der Waals surface area contributed by atoms with Gasteiger partial charge in [0, 0.05) is 17.8 Å². The largest absolute Gasteiger partial charge is 0.327 e. The van der Waals surface area contributed by atoms with E-state index < -0.39 is 20.6 Å². The maximum absolute atomic E-state index is 12.5. The smallest absolute Gasteiger partial charge is 0.289 e. The van der Waals surface area contributed by atoms with Crippen molar-refractivity contribution in [1.82, 2.24) is 0 Å². The monoisotopic (exact) mass is 347 g/mol. The number of hydrogen-bond donors (Lipinski definition) is 2. The molecule has 0 aromatic heterocycles. The highest BCUT2D eigenvalue weighted by molar-refractivity contribution is 7.92. The van der Waals surface area contributed by atoms with Gasteiger partial charge >= 0.3 is 0 Å². The van der Waals surface area contributed by atoms with Crippen molar-refractivity contribution in [1.29, 1.82) is 0 Å². The minimum atomic E-state index is -4.04. The molecule has 3 rings (SSSR count). The van der Waals surface area contributed by atoms with Gasteiger partial charge in [-0.25, -0.2) is 8.42 Å². The number of anilines is 1. The highest BCUT2D eigenvalue weighted by atomic mass is 32.2. The molecule has 0 saturated carbocycles. The van der Waals surface area contributed by atoms with Gasteiger partial charge in [-0.15, -0.1) is 0 Å². The molecule has 2 aromatic carbocycles. The Bertz CT molecular complexity index is 896. The van der Waals surface area contributed by atoms with E-state index in [1.807, 2.05) is 6.07 Å². The number of para-hydroxylation sites is 1. The fraction of sp³-hybridized carbons (Fsp3) is 0.250. The number of nitrogens with two attached hydrogens (primary N) is 1. The molecule has 1 unspecified atom stereocenters. The standard InChI is InChI=1S/C16H17N3O4S/c17-13-7-5-12-10-14(8-6-11(12)9-13)18-24(22,23)16-4-2-1-3-15(16)19(20)21/h1-4,6,8,10,13,18H,5,7,9,17H2. The fourth-order valence-corrected chi connectivity index (χ4v) is 4.11. The summed E-state index contributed by atoms with van der Waals surface area (Å²) in [6, 6.07) is 10.7. The predicted molar refractivity (Wildman–Crippen MR) is 90.3 cm³/mol. The van der Waals surface area contributed by atoms with Crippen molar-refractivity contribution >= 4 is 21.4 Å². The Morgan fingerprint density at radius 2 is 1.92 bits per heavy atom. The van der Waals surface area contributed by atoms with Crippen LogP contribution in [0.2, 0.25) is 0 Å². The zero-order chi connectivity index (χ0) is 17.3. The first-order valence-electron chi connectivity index (χ1n) is 7.50. The number of nitro groups is 1. The van der Waals surface area contributed by atoms with Crippen molar-refractivity contribution in [3.05, 3.63) is 63.7 Å². The number of aryl methyl sites for hydroxylation is 1. The second-order valence-corrected chi connectivity index (χ2v) is 7.47. The Labute approximate surface area is 139 Å². The molecular formula is C16H17N3O4S. The lowest BCUT2D eigenvalue weighted by atomic mass is 9.88. The second kappa shape index (κ2) is 6.21. The number of nitro benzene ring substituents is 1. The maximum Gasteiger partial charge on any atom is 0.289 e. The van der Waals surface area contributed by atoms with E-state index in [0.717, 1.165) is 30.4 Å². The van der Waals surface area contributed by atoms with Crippen LogP contribution in [0, 0.1) is 10.1 Å². The van der Waals surface area contributed by atoms with E-state index in [9.17, 15) is 18.5 Å². The molecule has 0 saturated heterocycles. The number of hydrogen-bond acceptors (Lipinski definition) is 5. The van der Waals surface area contributed by atoms with E-state index in [4.69, 9.17) is 5.73 Å². The lowest BCUT2D eigenvalue weighted by molar-refractivity contribution is -0.387. The molecule has 1 aliphatic carbocycles. The summed E-state index contributed by atoms with van der Waals surface area (Å²) in [5.74, 6) is 0. The zero-order valence-corrected chi connectivity index (χ0v) is 13.6. The summed E-state index contributed by atoms with van der Waals surface area (Å²) in [7, 11) is -4.04. The second-order valence-electron chi connectivity index (χ2n) is 5.82. The molecular weight excluding hydrogens is 330 g/mol. The number of fused-ring (bicyclic) bond motifs is 1. The molecule has 1 aliphatic rings. The fourth-order valence-electron chi connectivity index (χ4n) is 2.89. The Balaban J connectivity index is 1.92. The summed E-state index contributed by atoms with van der Waals surface area (Å²) >= 11 is 0. The topological polar surface area (TPSA) is 115 Å². The minimum absolute atomic E-state index is 0.131. The first-order chi connectivity index (χ1) is 11.4. The molecule has 0 heterocycles. The third-order valence-electron chi connectivity index (χ3n) is 4.08. The maximum atomic E-state index is 12.5. The van der Waals surface area contributed by atoms with E-state index in [1.165, 1.54) is 24.3 Å². The molecule has 2 aromatic rings. The van der Waals surface area contributed by atoms with Crippen LogP contribution in [0.4, 0.5) is 11.4 Å². The average Bonchev–Trinajstić information content (AvgIpc) is 2.54. The van der Waals surface area contributed by atoms with Gasteiger partial charge in [-0.1, -0.05) is 18.2 Å². The van der Waals surface area contributed by atoms with Gasteiger partial charge in [-0.2, -0.15) is 0 Å². The van der Waals surface area contributed by atoms with Crippen LogP contribution in [-0.4, -0.2) is 19.4 Å². The normalized spacial score (nSPS) is 17.1. The average molecular weight is 347 g/mol. The van der Waals surface area contributed by atoms with Crippen molar-refractivity contribution < 1.29 is 13.3 Å². The number of rotatable bonds is 4. The van der Waals surface area contributed by atoms with Crippen LogP contribution in [0.15, 0.2) is 47.4 Å². The Morgan fingerprint density at radius 1 is 1.17 bits per heavy atom. The van der Waals surface area contributed by atoms with Gasteiger partial charge in [-0.05, 0) is 48.6 Å². The van der Waals surface area contributed by atoms with E-state index in [0.29, 0.717) is 5.69 Å². The Morgan fingerprint density at radius 3 is 2.67 bits per heavy atom. The van der Waals surface area contributed by atoms with Crippen molar-refractivity contribution in [2.75, 3.05) is 4.72 Å². The molecule has 3 N–H and O–H groups in total.